The molecule has 6 heteroatoms. The molecule has 108 valence electrons. The molecule has 0 bridgehead atoms. The third-order valence-electron chi connectivity index (χ3n) is 4.13. The Bertz CT molecular complexity index is 551. The lowest BCUT2D eigenvalue weighted by Gasteiger charge is -2.25. The lowest BCUT2D eigenvalue weighted by atomic mass is 10.0. The van der Waals surface area contributed by atoms with Crippen LogP contribution in [0.1, 0.15) is 35.8 Å². The van der Waals surface area contributed by atoms with Gasteiger partial charge in [0, 0.05) is 42.9 Å². The second-order valence-electron chi connectivity index (χ2n) is 5.23. The summed E-state index contributed by atoms with van der Waals surface area (Å²) in [5, 5.41) is 0.781. The van der Waals surface area contributed by atoms with Crippen molar-refractivity contribution in [3.63, 3.8) is 0 Å². The van der Waals surface area contributed by atoms with Crippen molar-refractivity contribution in [1.29, 1.82) is 0 Å². The number of nitrogens with two attached hydrogens (primary N) is 1. The first-order valence-corrected chi connectivity index (χ1v) is 7.89. The Morgan fingerprint density at radius 1 is 1.20 bits per heavy atom. The molecule has 2 aliphatic rings. The van der Waals surface area contributed by atoms with Crippen LogP contribution in [-0.4, -0.2) is 29.8 Å². The highest BCUT2D eigenvalue weighted by Gasteiger charge is 2.35. The van der Waals surface area contributed by atoms with E-state index in [-0.39, 0.29) is 11.8 Å². The summed E-state index contributed by atoms with van der Waals surface area (Å²) in [6.07, 6.45) is 1.61. The van der Waals surface area contributed by atoms with E-state index in [1.165, 1.54) is 15.3 Å². The minimum atomic E-state index is -0.0874. The second kappa shape index (κ2) is 5.27. The zero-order valence-corrected chi connectivity index (χ0v) is 12.5. The van der Waals surface area contributed by atoms with Gasteiger partial charge in [0.2, 0.25) is 11.8 Å². The number of amides is 2. The quantitative estimate of drug-likeness (QED) is 0.852. The molecule has 1 aromatic heterocycles. The Morgan fingerprint density at radius 3 is 2.50 bits per heavy atom. The average Bonchev–Trinajstić information content (AvgIpc) is 2.97. The fourth-order valence-corrected chi connectivity index (χ4v) is 4.43. The van der Waals surface area contributed by atoms with Crippen molar-refractivity contribution >= 4 is 28.2 Å². The van der Waals surface area contributed by atoms with Gasteiger partial charge >= 0.3 is 0 Å². The molecular weight excluding hydrogens is 274 g/mol. The fourth-order valence-electron chi connectivity index (χ4n) is 2.97. The topological polar surface area (TPSA) is 66.6 Å². The molecule has 2 N–H and O–H groups in total. The van der Waals surface area contributed by atoms with E-state index in [1.54, 1.807) is 11.3 Å². The summed E-state index contributed by atoms with van der Waals surface area (Å²) in [4.78, 5) is 28.9. The number of carbonyl (C=O) groups excluding carboxylic acids is 2. The maximum absolute atomic E-state index is 11.9. The normalized spacial score (nSPS) is 19.8. The predicted octanol–water partition coefficient (Wildman–Crippen LogP) is 1.24. The molecule has 1 aromatic rings. The van der Waals surface area contributed by atoms with Crippen LogP contribution in [0.15, 0.2) is 0 Å². The van der Waals surface area contributed by atoms with Gasteiger partial charge in [-0.1, -0.05) is 6.92 Å². The van der Waals surface area contributed by atoms with Gasteiger partial charge in [-0.15, -0.1) is 11.3 Å². The third-order valence-corrected chi connectivity index (χ3v) is 5.37. The van der Waals surface area contributed by atoms with Crippen molar-refractivity contribution in [3.8, 4) is 0 Å². The van der Waals surface area contributed by atoms with Gasteiger partial charge in [0.1, 0.15) is 5.00 Å². The van der Waals surface area contributed by atoms with Crippen LogP contribution >= 0.6 is 11.3 Å². The Labute approximate surface area is 122 Å². The fraction of sp³-hybridized carbons (Fsp3) is 0.571. The SMILES string of the molecule is CCN1CCc2c(sc(N3C(=O)CCC3=O)c2CN)C1. The van der Waals surface area contributed by atoms with Crippen LogP contribution in [0.4, 0.5) is 5.00 Å². The van der Waals surface area contributed by atoms with Gasteiger partial charge in [-0.05, 0) is 18.5 Å². The molecule has 20 heavy (non-hydrogen) atoms. The number of likely N-dealkylation sites (N-methyl/N-ethyl adjacent to an activating group) is 1. The first-order chi connectivity index (χ1) is 9.65. The zero-order valence-electron chi connectivity index (χ0n) is 11.6. The molecule has 3 heterocycles. The van der Waals surface area contributed by atoms with E-state index < -0.39 is 0 Å². The molecule has 0 aromatic carbocycles. The monoisotopic (exact) mass is 293 g/mol. The van der Waals surface area contributed by atoms with Gasteiger partial charge < -0.3 is 5.73 Å². The lowest BCUT2D eigenvalue weighted by molar-refractivity contribution is -0.121. The molecule has 3 rings (SSSR count). The number of hydrogen-bond donors (Lipinski definition) is 1. The smallest absolute Gasteiger partial charge is 0.234 e. The highest BCUT2D eigenvalue weighted by Crippen LogP contribution is 2.40. The Hall–Kier alpha value is -1.24. The number of carbonyl (C=O) groups is 2. The number of anilines is 1. The number of thiophene rings is 1. The van der Waals surface area contributed by atoms with E-state index in [0.29, 0.717) is 19.4 Å². The minimum Gasteiger partial charge on any atom is -0.326 e. The third kappa shape index (κ3) is 2.08. The Balaban J connectivity index is 2.02. The van der Waals surface area contributed by atoms with Crippen LogP contribution in [0.25, 0.3) is 0 Å². The molecular formula is C14H19N3O2S. The molecule has 1 fully saturated rings. The molecule has 0 unspecified atom stereocenters. The van der Waals surface area contributed by atoms with Crippen LogP contribution < -0.4 is 10.6 Å². The van der Waals surface area contributed by atoms with Gasteiger partial charge in [0.25, 0.3) is 0 Å². The average molecular weight is 293 g/mol. The standard InChI is InChI=1S/C14H19N3O2S/c1-2-16-6-5-9-10(7-15)14(20-11(9)8-16)17-12(18)3-4-13(17)19/h2-8,15H2,1H3. The number of fused-ring (bicyclic) bond motifs is 1. The lowest BCUT2D eigenvalue weighted by Crippen LogP contribution is -2.30. The van der Waals surface area contributed by atoms with Crippen LogP contribution in [0.5, 0.6) is 0 Å². The van der Waals surface area contributed by atoms with Crippen molar-refractivity contribution in [2.24, 2.45) is 5.73 Å². The summed E-state index contributed by atoms with van der Waals surface area (Å²) >= 11 is 1.57. The highest BCUT2D eigenvalue weighted by atomic mass is 32.1. The van der Waals surface area contributed by atoms with E-state index in [4.69, 9.17) is 5.73 Å². The molecule has 2 aliphatic heterocycles. The molecule has 0 radical (unpaired) electrons. The van der Waals surface area contributed by atoms with Gasteiger partial charge in [-0.25, -0.2) is 4.90 Å². The number of hydrogen-bond acceptors (Lipinski definition) is 5. The summed E-state index contributed by atoms with van der Waals surface area (Å²) in [5.41, 5.74) is 8.16. The van der Waals surface area contributed by atoms with Crippen molar-refractivity contribution < 1.29 is 9.59 Å². The van der Waals surface area contributed by atoms with E-state index in [9.17, 15) is 9.59 Å². The molecule has 0 atom stereocenters. The molecule has 0 saturated carbocycles. The van der Waals surface area contributed by atoms with E-state index in [0.717, 1.165) is 36.6 Å². The summed E-state index contributed by atoms with van der Waals surface area (Å²) in [5.74, 6) is -0.175. The second-order valence-corrected chi connectivity index (χ2v) is 6.32. The number of nitrogens with zero attached hydrogens (tertiary/aromatic N) is 2. The van der Waals surface area contributed by atoms with Gasteiger partial charge in [-0.2, -0.15) is 0 Å². The first-order valence-electron chi connectivity index (χ1n) is 7.07. The Morgan fingerprint density at radius 2 is 1.90 bits per heavy atom. The minimum absolute atomic E-state index is 0.0874. The maximum Gasteiger partial charge on any atom is 0.234 e. The van der Waals surface area contributed by atoms with Crippen molar-refractivity contribution in [1.82, 2.24) is 4.90 Å². The predicted molar refractivity (Wildman–Crippen MR) is 78.6 cm³/mol. The molecule has 5 nitrogen and oxygen atoms in total. The maximum atomic E-state index is 11.9. The summed E-state index contributed by atoms with van der Waals surface area (Å²) < 4.78 is 0. The molecule has 0 spiro atoms. The van der Waals surface area contributed by atoms with Crippen LogP contribution in [0.2, 0.25) is 0 Å². The van der Waals surface area contributed by atoms with E-state index >= 15 is 0 Å². The molecule has 1 saturated heterocycles. The first kappa shape index (κ1) is 13.7. The largest absolute Gasteiger partial charge is 0.326 e. The summed E-state index contributed by atoms with van der Waals surface area (Å²) in [6, 6.07) is 0. The molecule has 2 amide bonds. The highest BCUT2D eigenvalue weighted by molar-refractivity contribution is 7.17. The van der Waals surface area contributed by atoms with E-state index in [1.807, 2.05) is 0 Å². The van der Waals surface area contributed by atoms with Crippen LogP contribution in [-0.2, 0) is 29.1 Å². The van der Waals surface area contributed by atoms with Crippen molar-refractivity contribution in [3.05, 3.63) is 16.0 Å². The van der Waals surface area contributed by atoms with Crippen molar-refractivity contribution in [2.45, 2.75) is 39.3 Å². The van der Waals surface area contributed by atoms with Gasteiger partial charge in [0.05, 0.1) is 0 Å². The van der Waals surface area contributed by atoms with Gasteiger partial charge in [0.15, 0.2) is 0 Å². The molecule has 0 aliphatic carbocycles. The van der Waals surface area contributed by atoms with Gasteiger partial charge in [-0.3, -0.25) is 14.5 Å². The van der Waals surface area contributed by atoms with Crippen LogP contribution in [0.3, 0.4) is 0 Å². The zero-order chi connectivity index (χ0) is 14.3. The summed E-state index contributed by atoms with van der Waals surface area (Å²) in [6.45, 7) is 5.49. The van der Waals surface area contributed by atoms with Crippen molar-refractivity contribution in [2.75, 3.05) is 18.0 Å². The van der Waals surface area contributed by atoms with Crippen LogP contribution in [0, 0.1) is 0 Å². The van der Waals surface area contributed by atoms with E-state index in [2.05, 4.69) is 11.8 Å². The number of rotatable bonds is 3. The summed E-state index contributed by atoms with van der Waals surface area (Å²) in [7, 11) is 0. The number of imide groups is 1. The Kier molecular flexibility index (Phi) is 3.62.